The number of allylic oxidation sites excluding steroid dienone is 11. The van der Waals surface area contributed by atoms with E-state index in [1.54, 1.807) is 0 Å². The van der Waals surface area contributed by atoms with Crippen molar-refractivity contribution in [3.63, 3.8) is 0 Å². The molecule has 0 amide bonds. The van der Waals surface area contributed by atoms with E-state index in [-0.39, 0.29) is 11.3 Å². The highest BCUT2D eigenvalue weighted by Gasteiger charge is 2.38. The second-order valence-corrected chi connectivity index (χ2v) is 21.1. The van der Waals surface area contributed by atoms with E-state index in [1.165, 1.54) is 93.7 Å². The summed E-state index contributed by atoms with van der Waals surface area (Å²) in [5.41, 5.74) is 20.2. The largest absolute Gasteiger partial charge is 0.314 e. The van der Waals surface area contributed by atoms with Crippen molar-refractivity contribution < 1.29 is 0 Å². The molecule has 0 saturated carbocycles. The molecule has 0 aromatic heterocycles. The van der Waals surface area contributed by atoms with Crippen LogP contribution in [0.3, 0.4) is 0 Å². The fourth-order valence-electron chi connectivity index (χ4n) is 13.0. The Kier molecular flexibility index (Phi) is 10.8. The van der Waals surface area contributed by atoms with Crippen molar-refractivity contribution in [3.8, 4) is 22.3 Å². The van der Waals surface area contributed by atoms with Crippen LogP contribution >= 0.6 is 0 Å². The number of nitrogens with zero attached hydrogens (tertiary/aromatic N) is 2. The average molecular weight is 961 g/mol. The zero-order valence-corrected chi connectivity index (χ0v) is 42.4. The molecule has 0 fully saturated rings. The molecule has 0 N–H and O–H groups in total. The van der Waals surface area contributed by atoms with Crippen LogP contribution in [0, 0.1) is 11.8 Å². The lowest BCUT2D eigenvalue weighted by Crippen LogP contribution is -2.27. The van der Waals surface area contributed by atoms with Gasteiger partial charge in [0.2, 0.25) is 0 Å². The quantitative estimate of drug-likeness (QED) is 0.133. The molecule has 0 spiro atoms. The second kappa shape index (κ2) is 18.2. The Morgan fingerprint density at radius 1 is 0.413 bits per heavy atom. The Bertz CT molecular complexity index is 4030. The minimum atomic E-state index is -0.122. The van der Waals surface area contributed by atoms with E-state index in [1.807, 2.05) is 0 Å². The summed E-state index contributed by atoms with van der Waals surface area (Å²) in [7, 11) is 0. The third-order valence-corrected chi connectivity index (χ3v) is 16.5. The molecule has 358 valence electrons. The molecule has 2 atom stereocenters. The monoisotopic (exact) mass is 960 g/mol. The van der Waals surface area contributed by atoms with Crippen LogP contribution in [0.25, 0.3) is 65.7 Å². The molecule has 14 rings (SSSR count). The lowest BCUT2D eigenvalue weighted by molar-refractivity contribution is 0.612. The first-order valence-corrected chi connectivity index (χ1v) is 26.6. The van der Waals surface area contributed by atoms with Crippen LogP contribution in [0.5, 0.6) is 0 Å². The maximum absolute atomic E-state index is 2.60. The molecule has 10 aromatic carbocycles. The lowest BCUT2D eigenvalue weighted by Gasteiger charge is -2.36. The van der Waals surface area contributed by atoms with Gasteiger partial charge in [-0.1, -0.05) is 214 Å². The Hall–Kier alpha value is -8.98. The van der Waals surface area contributed by atoms with E-state index in [0.717, 1.165) is 41.3 Å². The first-order valence-electron chi connectivity index (χ1n) is 26.6. The van der Waals surface area contributed by atoms with Gasteiger partial charge in [0.25, 0.3) is 0 Å². The standard InChI is InChI=1S/C73H56N2/c1-73(2)68-34-17-16-32-62(68)63-43-40-53(46-69(63)73)72-65-44-41-57(74(54-24-6-3-7-25-54)55-26-8-4-9-27-55)47-66(65)71(52-38-36-51(37-39-52)60-33-18-22-49-20-12-14-30-59(49)60)64-45-42-58(48-67(64)72)75(56-28-10-5-11-29-56)70-35-19-23-50-21-13-15-31-61(50)70/h3-39,41-42,44-48,50,61H,40,43H2,1-2H3. The lowest BCUT2D eigenvalue weighted by atomic mass is 9.76. The molecule has 0 heterocycles. The minimum absolute atomic E-state index is 0.122. The first kappa shape index (κ1) is 44.7. The van der Waals surface area contributed by atoms with Crippen molar-refractivity contribution in [1.29, 1.82) is 0 Å². The Balaban J connectivity index is 1.06. The zero-order chi connectivity index (χ0) is 50.0. The van der Waals surface area contributed by atoms with Crippen LogP contribution in [0.4, 0.5) is 28.4 Å². The predicted octanol–water partition coefficient (Wildman–Crippen LogP) is 19.8. The normalized spacial score (nSPS) is 17.1. The van der Waals surface area contributed by atoms with E-state index in [4.69, 9.17) is 0 Å². The molecule has 2 heteroatoms. The second-order valence-electron chi connectivity index (χ2n) is 21.1. The van der Waals surface area contributed by atoms with Crippen LogP contribution in [0.1, 0.15) is 43.4 Å². The Morgan fingerprint density at radius 2 is 0.973 bits per heavy atom. The molecule has 10 aromatic rings. The van der Waals surface area contributed by atoms with Gasteiger partial charge in [-0.25, -0.2) is 0 Å². The van der Waals surface area contributed by atoms with Crippen molar-refractivity contribution in [2.75, 3.05) is 9.80 Å². The van der Waals surface area contributed by atoms with E-state index < -0.39 is 0 Å². The minimum Gasteiger partial charge on any atom is -0.314 e. The number of para-hydroxylation sites is 3. The number of benzene rings is 10. The number of fused-ring (bicyclic) bond motifs is 6. The molecular formula is C73H56N2. The third kappa shape index (κ3) is 7.54. The van der Waals surface area contributed by atoms with Crippen LogP contribution in [-0.4, -0.2) is 0 Å². The smallest absolute Gasteiger partial charge is 0.0468 e. The molecule has 0 bridgehead atoms. The van der Waals surface area contributed by atoms with Gasteiger partial charge < -0.3 is 9.80 Å². The summed E-state index contributed by atoms with van der Waals surface area (Å²) in [6.07, 6.45) is 20.6. The molecule has 2 unspecified atom stereocenters. The number of rotatable bonds is 9. The Labute approximate surface area is 440 Å². The maximum Gasteiger partial charge on any atom is 0.0468 e. The molecule has 0 radical (unpaired) electrons. The summed E-state index contributed by atoms with van der Waals surface area (Å²) in [5, 5.41) is 7.49. The predicted molar refractivity (Wildman–Crippen MR) is 319 cm³/mol. The van der Waals surface area contributed by atoms with Gasteiger partial charge in [0, 0.05) is 51.4 Å². The van der Waals surface area contributed by atoms with E-state index in [2.05, 4.69) is 291 Å². The molecule has 0 aliphatic heterocycles. The van der Waals surface area contributed by atoms with Gasteiger partial charge in [-0.15, -0.1) is 0 Å². The first-order chi connectivity index (χ1) is 37.0. The van der Waals surface area contributed by atoms with Crippen molar-refractivity contribution in [2.45, 2.75) is 32.1 Å². The fraction of sp³-hybridized carbons (Fsp3) is 0.0959. The topological polar surface area (TPSA) is 6.48 Å². The van der Waals surface area contributed by atoms with Crippen LogP contribution in [0.2, 0.25) is 0 Å². The number of hydrogen-bond acceptors (Lipinski definition) is 2. The van der Waals surface area contributed by atoms with Gasteiger partial charge in [0.05, 0.1) is 0 Å². The van der Waals surface area contributed by atoms with E-state index >= 15 is 0 Å². The van der Waals surface area contributed by atoms with Crippen LogP contribution in [0.15, 0.2) is 278 Å². The van der Waals surface area contributed by atoms with Gasteiger partial charge in [0.15, 0.2) is 0 Å². The number of hydrogen-bond donors (Lipinski definition) is 0. The third-order valence-electron chi connectivity index (χ3n) is 16.5. The van der Waals surface area contributed by atoms with Crippen LogP contribution < -0.4 is 9.80 Å². The van der Waals surface area contributed by atoms with Gasteiger partial charge in [-0.2, -0.15) is 0 Å². The maximum atomic E-state index is 2.60. The van der Waals surface area contributed by atoms with Crippen molar-refractivity contribution in [2.24, 2.45) is 11.8 Å². The summed E-state index contributed by atoms with van der Waals surface area (Å²) < 4.78 is 0. The van der Waals surface area contributed by atoms with Crippen molar-refractivity contribution >= 4 is 71.9 Å². The van der Waals surface area contributed by atoms with Crippen molar-refractivity contribution in [1.82, 2.24) is 0 Å². The fourth-order valence-corrected chi connectivity index (χ4v) is 13.0. The summed E-state index contributed by atoms with van der Waals surface area (Å²) in [6.45, 7) is 4.85. The highest BCUT2D eigenvalue weighted by molar-refractivity contribution is 6.20. The molecular weight excluding hydrogens is 905 g/mol. The number of anilines is 5. The van der Waals surface area contributed by atoms with Gasteiger partial charge in [-0.3, -0.25) is 0 Å². The van der Waals surface area contributed by atoms with E-state index in [0.29, 0.717) is 5.92 Å². The van der Waals surface area contributed by atoms with Gasteiger partial charge in [-0.05, 0) is 168 Å². The molecule has 0 saturated heterocycles. The van der Waals surface area contributed by atoms with Gasteiger partial charge >= 0.3 is 0 Å². The molecule has 2 nitrogen and oxygen atoms in total. The van der Waals surface area contributed by atoms with Gasteiger partial charge in [0.1, 0.15) is 0 Å². The highest BCUT2D eigenvalue weighted by Crippen LogP contribution is 2.55. The summed E-state index contributed by atoms with van der Waals surface area (Å²) in [6, 6.07) is 81.1. The molecule has 4 aliphatic rings. The molecule has 75 heavy (non-hydrogen) atoms. The molecule has 4 aliphatic carbocycles. The highest BCUT2D eigenvalue weighted by atomic mass is 15.2. The SMILES string of the molecule is CC1(C)C2=C(CCC(c3c4cc(N(C5=CC=CC6C=CC=CC56)c5ccccc5)ccc4c(-c4ccc(-c5cccc6ccccc56)cc4)c4cc(N(c5ccccc5)c5ccccc5)ccc34)=C2)c2ccccc21. The van der Waals surface area contributed by atoms with Crippen molar-refractivity contribution in [3.05, 3.63) is 295 Å². The Morgan fingerprint density at radius 3 is 1.71 bits per heavy atom. The van der Waals surface area contributed by atoms with E-state index in [9.17, 15) is 0 Å². The summed E-state index contributed by atoms with van der Waals surface area (Å²) in [4.78, 5) is 4.92. The zero-order valence-electron chi connectivity index (χ0n) is 42.4. The average Bonchev–Trinajstić information content (AvgIpc) is 3.71. The summed E-state index contributed by atoms with van der Waals surface area (Å²) in [5.74, 6) is 0.495. The van der Waals surface area contributed by atoms with Crippen LogP contribution in [-0.2, 0) is 5.41 Å². The summed E-state index contributed by atoms with van der Waals surface area (Å²) >= 11 is 0.